The molecule has 170 valence electrons. The highest BCUT2D eigenvalue weighted by atomic mass is 32.2. The molecule has 34 heavy (non-hydrogen) atoms. The number of thioether (sulfide) groups is 1. The van der Waals surface area contributed by atoms with Crippen molar-refractivity contribution >= 4 is 22.5 Å². The van der Waals surface area contributed by atoms with E-state index in [1.165, 1.54) is 22.0 Å². The van der Waals surface area contributed by atoms with Crippen LogP contribution >= 0.6 is 11.8 Å². The normalized spacial score (nSPS) is 11.1. The molecule has 0 saturated carbocycles. The maximum absolute atomic E-state index is 13.1. The number of nitrogens with zero attached hydrogens (tertiary/aromatic N) is 4. The van der Waals surface area contributed by atoms with Gasteiger partial charge in [-0.25, -0.2) is 4.68 Å². The highest BCUT2D eigenvalue weighted by Crippen LogP contribution is 2.27. The summed E-state index contributed by atoms with van der Waals surface area (Å²) in [6.45, 7) is 0.356. The zero-order chi connectivity index (χ0) is 23.3. The van der Waals surface area contributed by atoms with Gasteiger partial charge in [-0.2, -0.15) is 5.10 Å². The van der Waals surface area contributed by atoms with Crippen LogP contribution in [0, 0.1) is 0 Å². The minimum absolute atomic E-state index is 0.156. The van der Waals surface area contributed by atoms with Gasteiger partial charge in [0.2, 0.25) is 0 Å². The number of methoxy groups -OCH3 is 1. The summed E-state index contributed by atoms with van der Waals surface area (Å²) in [5, 5.41) is 14.8. The highest BCUT2D eigenvalue weighted by Gasteiger charge is 2.18. The topological polar surface area (TPSA) is 83.0 Å². The minimum atomic E-state index is -0.156. The van der Waals surface area contributed by atoms with Gasteiger partial charge in [-0.05, 0) is 35.7 Å². The van der Waals surface area contributed by atoms with Crippen LogP contribution in [0.15, 0.2) is 93.3 Å². The standard InChI is InChI=1S/C26H22N4O3S/c1-32-20-13-11-18(12-14-20)15-16-34-26-28-27-24(33-26)23-21-9-5-6-10-22(21)25(31)30(29-23)17-19-7-3-2-4-8-19/h2-14H,15-17H2,1H3. The number of fused-ring (bicyclic) bond motifs is 1. The molecule has 0 N–H and O–H groups in total. The van der Waals surface area contributed by atoms with Crippen LogP contribution in [-0.4, -0.2) is 32.8 Å². The van der Waals surface area contributed by atoms with Gasteiger partial charge in [-0.1, -0.05) is 72.4 Å². The third-order valence-corrected chi connectivity index (χ3v) is 6.25. The van der Waals surface area contributed by atoms with E-state index in [9.17, 15) is 4.79 Å². The Morgan fingerprint density at radius 1 is 0.882 bits per heavy atom. The van der Waals surface area contributed by atoms with Gasteiger partial charge >= 0.3 is 0 Å². The van der Waals surface area contributed by atoms with Crippen molar-refractivity contribution in [1.82, 2.24) is 20.0 Å². The van der Waals surface area contributed by atoms with Gasteiger partial charge in [-0.3, -0.25) is 4.79 Å². The molecular formula is C26H22N4O3S. The Labute approximate surface area is 200 Å². The lowest BCUT2D eigenvalue weighted by Crippen LogP contribution is -2.24. The molecule has 0 unspecified atom stereocenters. The van der Waals surface area contributed by atoms with Crippen molar-refractivity contribution in [2.24, 2.45) is 0 Å². The van der Waals surface area contributed by atoms with Gasteiger partial charge in [0, 0.05) is 11.1 Å². The van der Waals surface area contributed by atoms with Crippen LogP contribution in [0.3, 0.4) is 0 Å². The number of rotatable bonds is 8. The summed E-state index contributed by atoms with van der Waals surface area (Å²) in [6.07, 6.45) is 0.857. The Bertz CT molecular complexity index is 1460. The van der Waals surface area contributed by atoms with Crippen LogP contribution in [0.1, 0.15) is 11.1 Å². The smallest absolute Gasteiger partial charge is 0.276 e. The molecule has 2 aromatic heterocycles. The van der Waals surface area contributed by atoms with E-state index in [1.807, 2.05) is 72.8 Å². The molecule has 2 heterocycles. The number of aromatic nitrogens is 4. The average Bonchev–Trinajstić information content (AvgIpc) is 3.35. The Morgan fingerprint density at radius 2 is 1.62 bits per heavy atom. The monoisotopic (exact) mass is 470 g/mol. The lowest BCUT2D eigenvalue weighted by Gasteiger charge is -2.09. The van der Waals surface area contributed by atoms with Gasteiger partial charge in [0.25, 0.3) is 16.7 Å². The number of hydrogen-bond donors (Lipinski definition) is 0. The molecule has 8 heteroatoms. The summed E-state index contributed by atoms with van der Waals surface area (Å²) in [7, 11) is 1.66. The Kier molecular flexibility index (Phi) is 6.40. The van der Waals surface area contributed by atoms with Crippen molar-refractivity contribution in [3.63, 3.8) is 0 Å². The van der Waals surface area contributed by atoms with E-state index in [4.69, 9.17) is 9.15 Å². The lowest BCUT2D eigenvalue weighted by atomic mass is 10.1. The van der Waals surface area contributed by atoms with E-state index in [2.05, 4.69) is 15.3 Å². The predicted octanol–water partition coefficient (Wildman–Crippen LogP) is 4.84. The summed E-state index contributed by atoms with van der Waals surface area (Å²) < 4.78 is 12.6. The minimum Gasteiger partial charge on any atom is -0.497 e. The molecule has 3 aromatic carbocycles. The maximum Gasteiger partial charge on any atom is 0.276 e. The fourth-order valence-corrected chi connectivity index (χ4v) is 4.42. The number of benzene rings is 3. The molecule has 5 aromatic rings. The fourth-order valence-electron chi connectivity index (χ4n) is 3.67. The molecule has 0 radical (unpaired) electrons. The second-order valence-corrected chi connectivity index (χ2v) is 8.71. The SMILES string of the molecule is COc1ccc(CCSc2nnc(-c3nn(Cc4ccccc4)c(=O)c4ccccc34)o2)cc1. The third-order valence-electron chi connectivity index (χ3n) is 5.43. The lowest BCUT2D eigenvalue weighted by molar-refractivity contribution is 0.414. The average molecular weight is 471 g/mol. The number of ether oxygens (including phenoxy) is 1. The van der Waals surface area contributed by atoms with E-state index >= 15 is 0 Å². The van der Waals surface area contributed by atoms with Gasteiger partial charge in [0.15, 0.2) is 5.69 Å². The van der Waals surface area contributed by atoms with Gasteiger partial charge in [-0.15, -0.1) is 10.2 Å². The molecule has 0 amide bonds. The maximum atomic E-state index is 13.1. The zero-order valence-corrected chi connectivity index (χ0v) is 19.4. The Morgan fingerprint density at radius 3 is 2.38 bits per heavy atom. The second kappa shape index (κ2) is 9.93. The first kappa shape index (κ1) is 21.9. The molecule has 0 bridgehead atoms. The summed E-state index contributed by atoms with van der Waals surface area (Å²) in [6, 6.07) is 25.1. The number of hydrogen-bond acceptors (Lipinski definition) is 7. The quantitative estimate of drug-likeness (QED) is 0.300. The van der Waals surface area contributed by atoms with Crippen molar-refractivity contribution in [2.75, 3.05) is 12.9 Å². The van der Waals surface area contributed by atoms with Gasteiger partial charge in [0.05, 0.1) is 19.0 Å². The fraction of sp³-hybridized carbons (Fsp3) is 0.154. The second-order valence-electron chi connectivity index (χ2n) is 7.66. The van der Waals surface area contributed by atoms with Crippen molar-refractivity contribution in [2.45, 2.75) is 18.2 Å². The van der Waals surface area contributed by atoms with E-state index < -0.39 is 0 Å². The Hall–Kier alpha value is -3.91. The predicted molar refractivity (Wildman–Crippen MR) is 132 cm³/mol. The first-order valence-electron chi connectivity index (χ1n) is 10.8. The van der Waals surface area contributed by atoms with Crippen molar-refractivity contribution < 1.29 is 9.15 Å². The molecule has 0 fully saturated rings. The largest absolute Gasteiger partial charge is 0.497 e. The molecule has 0 aliphatic rings. The van der Waals surface area contributed by atoms with Gasteiger partial charge in [0.1, 0.15) is 5.75 Å². The van der Waals surface area contributed by atoms with Crippen LogP contribution in [0.25, 0.3) is 22.4 Å². The Balaban J connectivity index is 1.39. The van der Waals surface area contributed by atoms with E-state index in [0.717, 1.165) is 23.5 Å². The first-order valence-corrected chi connectivity index (χ1v) is 11.8. The molecule has 7 nitrogen and oxygen atoms in total. The van der Waals surface area contributed by atoms with Crippen LogP contribution in [0.2, 0.25) is 0 Å². The highest BCUT2D eigenvalue weighted by molar-refractivity contribution is 7.99. The van der Waals surface area contributed by atoms with E-state index in [0.29, 0.717) is 34.1 Å². The molecule has 0 aliphatic carbocycles. The van der Waals surface area contributed by atoms with Crippen molar-refractivity contribution in [3.8, 4) is 17.3 Å². The molecule has 0 atom stereocenters. The van der Waals surface area contributed by atoms with Crippen molar-refractivity contribution in [1.29, 1.82) is 0 Å². The van der Waals surface area contributed by atoms with E-state index in [-0.39, 0.29) is 5.56 Å². The molecule has 0 spiro atoms. The molecule has 0 saturated heterocycles. The summed E-state index contributed by atoms with van der Waals surface area (Å²) in [4.78, 5) is 13.1. The van der Waals surface area contributed by atoms with E-state index in [1.54, 1.807) is 13.2 Å². The van der Waals surface area contributed by atoms with Crippen LogP contribution < -0.4 is 10.3 Å². The van der Waals surface area contributed by atoms with Crippen LogP contribution in [0.5, 0.6) is 5.75 Å². The summed E-state index contributed by atoms with van der Waals surface area (Å²) >= 11 is 1.49. The van der Waals surface area contributed by atoms with Crippen LogP contribution in [0.4, 0.5) is 0 Å². The molecular weight excluding hydrogens is 448 g/mol. The molecule has 0 aliphatic heterocycles. The van der Waals surface area contributed by atoms with Gasteiger partial charge < -0.3 is 9.15 Å². The van der Waals surface area contributed by atoms with Crippen molar-refractivity contribution in [3.05, 3.63) is 100 Å². The zero-order valence-electron chi connectivity index (χ0n) is 18.5. The summed E-state index contributed by atoms with van der Waals surface area (Å²) in [5.41, 5.74) is 2.53. The first-order chi connectivity index (χ1) is 16.7. The summed E-state index contributed by atoms with van der Waals surface area (Å²) in [5.74, 6) is 1.92. The third kappa shape index (κ3) is 4.72. The molecule has 5 rings (SSSR count). The van der Waals surface area contributed by atoms with Crippen LogP contribution in [-0.2, 0) is 13.0 Å². The number of aryl methyl sites for hydroxylation is 1.